The molecule has 0 aromatic heterocycles. The van der Waals surface area contributed by atoms with Crippen LogP contribution >= 0.6 is 11.6 Å². The second-order valence-corrected chi connectivity index (χ2v) is 4.97. The summed E-state index contributed by atoms with van der Waals surface area (Å²) in [6, 6.07) is 4.59. The van der Waals surface area contributed by atoms with Gasteiger partial charge in [-0.25, -0.2) is 0 Å². The molecule has 1 aromatic carbocycles. The Labute approximate surface area is 117 Å². The number of nitro groups is 1. The first kappa shape index (κ1) is 14.1. The standard InChI is InChI=1S/C13H17ClN2O3/c1-2-15(9-11-4-3-7-19-11)13-6-5-10(16(17)18)8-12(13)14/h5-6,8,11H,2-4,7,9H2,1H3. The van der Waals surface area contributed by atoms with Gasteiger partial charge in [0.1, 0.15) is 0 Å². The predicted molar refractivity (Wildman–Crippen MR) is 75.0 cm³/mol. The van der Waals surface area contributed by atoms with Gasteiger partial charge in [0.2, 0.25) is 0 Å². The molecule has 0 saturated carbocycles. The van der Waals surface area contributed by atoms with Crippen LogP contribution in [0.5, 0.6) is 0 Å². The van der Waals surface area contributed by atoms with Gasteiger partial charge in [0.25, 0.3) is 5.69 Å². The summed E-state index contributed by atoms with van der Waals surface area (Å²) in [7, 11) is 0. The molecule has 0 aliphatic carbocycles. The number of benzene rings is 1. The minimum Gasteiger partial charge on any atom is -0.376 e. The van der Waals surface area contributed by atoms with Crippen molar-refractivity contribution >= 4 is 23.0 Å². The molecule has 19 heavy (non-hydrogen) atoms. The largest absolute Gasteiger partial charge is 0.376 e. The third-order valence-electron chi connectivity index (χ3n) is 3.31. The monoisotopic (exact) mass is 284 g/mol. The lowest BCUT2D eigenvalue weighted by Gasteiger charge is -2.26. The first-order valence-electron chi connectivity index (χ1n) is 6.42. The highest BCUT2D eigenvalue weighted by molar-refractivity contribution is 6.33. The van der Waals surface area contributed by atoms with Crippen LogP contribution in [0.1, 0.15) is 19.8 Å². The highest BCUT2D eigenvalue weighted by atomic mass is 35.5. The normalized spacial score (nSPS) is 18.5. The van der Waals surface area contributed by atoms with Gasteiger partial charge in [0.05, 0.1) is 21.7 Å². The number of non-ortho nitro benzene ring substituents is 1. The number of nitro benzene ring substituents is 1. The van der Waals surface area contributed by atoms with Crippen LogP contribution in [0.3, 0.4) is 0 Å². The molecular weight excluding hydrogens is 268 g/mol. The summed E-state index contributed by atoms with van der Waals surface area (Å²) in [5, 5.41) is 11.1. The summed E-state index contributed by atoms with van der Waals surface area (Å²) >= 11 is 6.15. The van der Waals surface area contributed by atoms with E-state index in [1.54, 1.807) is 6.07 Å². The van der Waals surface area contributed by atoms with Gasteiger partial charge in [-0.1, -0.05) is 11.6 Å². The van der Waals surface area contributed by atoms with Crippen molar-refractivity contribution in [2.75, 3.05) is 24.6 Å². The number of halogens is 1. The zero-order valence-corrected chi connectivity index (χ0v) is 11.6. The van der Waals surface area contributed by atoms with Crippen molar-refractivity contribution in [3.05, 3.63) is 33.3 Å². The van der Waals surface area contributed by atoms with Crippen molar-refractivity contribution in [2.24, 2.45) is 0 Å². The van der Waals surface area contributed by atoms with E-state index in [1.165, 1.54) is 12.1 Å². The Morgan fingerprint density at radius 2 is 2.37 bits per heavy atom. The molecule has 1 saturated heterocycles. The molecule has 1 fully saturated rings. The minimum atomic E-state index is -0.438. The van der Waals surface area contributed by atoms with Gasteiger partial charge >= 0.3 is 0 Å². The number of hydrogen-bond acceptors (Lipinski definition) is 4. The van der Waals surface area contributed by atoms with Crippen LogP contribution in [-0.2, 0) is 4.74 Å². The average Bonchev–Trinajstić information content (AvgIpc) is 2.89. The Morgan fingerprint density at radius 3 is 2.89 bits per heavy atom. The lowest BCUT2D eigenvalue weighted by Crippen LogP contribution is -2.32. The van der Waals surface area contributed by atoms with Crippen LogP contribution in [0.15, 0.2) is 18.2 Å². The van der Waals surface area contributed by atoms with Gasteiger partial charge in [-0.3, -0.25) is 10.1 Å². The van der Waals surface area contributed by atoms with Crippen LogP contribution in [-0.4, -0.2) is 30.7 Å². The number of rotatable bonds is 5. The van der Waals surface area contributed by atoms with E-state index in [2.05, 4.69) is 4.90 Å². The molecule has 0 bridgehead atoms. The smallest absolute Gasteiger partial charge is 0.271 e. The predicted octanol–water partition coefficient (Wildman–Crippen LogP) is 3.25. The molecule has 1 heterocycles. The Kier molecular flexibility index (Phi) is 4.61. The molecular formula is C13H17ClN2O3. The van der Waals surface area contributed by atoms with Crippen molar-refractivity contribution in [1.82, 2.24) is 0 Å². The van der Waals surface area contributed by atoms with Crippen molar-refractivity contribution in [2.45, 2.75) is 25.9 Å². The van der Waals surface area contributed by atoms with Gasteiger partial charge in [-0.2, -0.15) is 0 Å². The van der Waals surface area contributed by atoms with Crippen LogP contribution in [0, 0.1) is 10.1 Å². The molecule has 1 unspecified atom stereocenters. The Morgan fingerprint density at radius 1 is 1.58 bits per heavy atom. The highest BCUT2D eigenvalue weighted by Crippen LogP contribution is 2.30. The summed E-state index contributed by atoms with van der Waals surface area (Å²) in [6.45, 7) is 4.41. The average molecular weight is 285 g/mol. The SMILES string of the molecule is CCN(CC1CCCO1)c1ccc([N+](=O)[O-])cc1Cl. The van der Waals surface area contributed by atoms with Crippen LogP contribution < -0.4 is 4.90 Å². The summed E-state index contributed by atoms with van der Waals surface area (Å²) in [6.07, 6.45) is 2.38. The molecule has 1 aromatic rings. The molecule has 0 amide bonds. The van der Waals surface area contributed by atoms with Gasteiger partial charge in [0.15, 0.2) is 0 Å². The first-order chi connectivity index (χ1) is 9.11. The maximum absolute atomic E-state index is 10.7. The zero-order chi connectivity index (χ0) is 13.8. The number of likely N-dealkylation sites (N-methyl/N-ethyl adjacent to an activating group) is 1. The molecule has 0 radical (unpaired) electrons. The third-order valence-corrected chi connectivity index (χ3v) is 3.62. The van der Waals surface area contributed by atoms with E-state index in [4.69, 9.17) is 16.3 Å². The number of nitrogens with zero attached hydrogens (tertiary/aromatic N) is 2. The maximum atomic E-state index is 10.7. The summed E-state index contributed by atoms with van der Waals surface area (Å²) < 4.78 is 5.62. The van der Waals surface area contributed by atoms with E-state index in [9.17, 15) is 10.1 Å². The fourth-order valence-electron chi connectivity index (χ4n) is 2.30. The number of ether oxygens (including phenoxy) is 1. The van der Waals surface area contributed by atoms with E-state index in [0.717, 1.165) is 38.2 Å². The van der Waals surface area contributed by atoms with Crippen molar-refractivity contribution in [3.8, 4) is 0 Å². The van der Waals surface area contributed by atoms with Crippen molar-refractivity contribution in [1.29, 1.82) is 0 Å². The highest BCUT2D eigenvalue weighted by Gasteiger charge is 2.20. The third kappa shape index (κ3) is 3.36. The fourth-order valence-corrected chi connectivity index (χ4v) is 2.59. The second-order valence-electron chi connectivity index (χ2n) is 4.57. The Hall–Kier alpha value is -1.33. The summed E-state index contributed by atoms with van der Waals surface area (Å²) in [5.41, 5.74) is 0.840. The topological polar surface area (TPSA) is 55.6 Å². The number of hydrogen-bond donors (Lipinski definition) is 0. The van der Waals surface area contributed by atoms with Gasteiger partial charge < -0.3 is 9.64 Å². The Bertz CT molecular complexity index is 461. The van der Waals surface area contributed by atoms with Crippen molar-refractivity contribution in [3.63, 3.8) is 0 Å². The van der Waals surface area contributed by atoms with E-state index >= 15 is 0 Å². The Balaban J connectivity index is 2.15. The first-order valence-corrected chi connectivity index (χ1v) is 6.80. The van der Waals surface area contributed by atoms with E-state index in [1.807, 2.05) is 6.92 Å². The van der Waals surface area contributed by atoms with Gasteiger partial charge in [-0.15, -0.1) is 0 Å². The lowest BCUT2D eigenvalue weighted by molar-refractivity contribution is -0.384. The molecule has 1 aliphatic rings. The van der Waals surface area contributed by atoms with Crippen LogP contribution in [0.25, 0.3) is 0 Å². The molecule has 104 valence electrons. The number of anilines is 1. The van der Waals surface area contributed by atoms with E-state index in [-0.39, 0.29) is 11.8 Å². The quantitative estimate of drug-likeness (QED) is 0.615. The molecule has 0 spiro atoms. The zero-order valence-electron chi connectivity index (χ0n) is 10.8. The molecule has 0 N–H and O–H groups in total. The summed E-state index contributed by atoms with van der Waals surface area (Å²) in [4.78, 5) is 12.4. The van der Waals surface area contributed by atoms with Gasteiger partial charge in [0, 0.05) is 31.8 Å². The fraction of sp³-hybridized carbons (Fsp3) is 0.538. The van der Waals surface area contributed by atoms with Crippen LogP contribution in [0.4, 0.5) is 11.4 Å². The maximum Gasteiger partial charge on any atom is 0.271 e. The lowest BCUT2D eigenvalue weighted by atomic mass is 10.2. The molecule has 2 rings (SSSR count). The van der Waals surface area contributed by atoms with Crippen molar-refractivity contribution < 1.29 is 9.66 Å². The molecule has 5 nitrogen and oxygen atoms in total. The van der Waals surface area contributed by atoms with E-state index in [0.29, 0.717) is 5.02 Å². The summed E-state index contributed by atoms with van der Waals surface area (Å²) in [5.74, 6) is 0. The molecule has 6 heteroatoms. The molecule has 1 aliphatic heterocycles. The van der Waals surface area contributed by atoms with Gasteiger partial charge in [-0.05, 0) is 25.8 Å². The van der Waals surface area contributed by atoms with E-state index < -0.39 is 4.92 Å². The van der Waals surface area contributed by atoms with Crippen LogP contribution in [0.2, 0.25) is 5.02 Å². The second kappa shape index (κ2) is 6.21. The molecule has 1 atom stereocenters. The minimum absolute atomic E-state index is 0.0157.